The minimum atomic E-state index is -2.03. The molecule has 6 heteroatoms. The molecule has 1 aliphatic rings. The number of benzene rings is 1. The normalized spacial score (nSPS) is 15.2. The van der Waals surface area contributed by atoms with E-state index in [0.29, 0.717) is 12.8 Å². The molecule has 1 fully saturated rings. The van der Waals surface area contributed by atoms with E-state index in [9.17, 15) is 22.4 Å². The zero-order chi connectivity index (χ0) is 12.0. The Balaban J connectivity index is 2.73. The topological polar surface area (TPSA) is 37.3 Å². The molecule has 1 saturated carbocycles. The Morgan fingerprint density at radius 2 is 1.44 bits per heavy atom. The highest BCUT2D eigenvalue weighted by atomic mass is 19.2. The fourth-order valence-corrected chi connectivity index (χ4v) is 1.57. The molecule has 86 valence electrons. The van der Waals surface area contributed by atoms with Crippen molar-refractivity contribution in [2.75, 3.05) is 0 Å². The first-order valence-corrected chi connectivity index (χ1v) is 4.54. The lowest BCUT2D eigenvalue weighted by Crippen LogP contribution is -2.12. The summed E-state index contributed by atoms with van der Waals surface area (Å²) in [5.74, 6) is -9.46. The summed E-state index contributed by atoms with van der Waals surface area (Å²) in [7, 11) is 0. The predicted octanol–water partition coefficient (Wildman–Crippen LogP) is 2.82. The van der Waals surface area contributed by atoms with Crippen molar-refractivity contribution in [2.24, 2.45) is 0 Å². The Morgan fingerprint density at radius 3 is 1.75 bits per heavy atom. The first-order valence-electron chi connectivity index (χ1n) is 4.54. The van der Waals surface area contributed by atoms with Crippen molar-refractivity contribution in [3.8, 4) is 0 Å². The molecule has 1 aromatic carbocycles. The van der Waals surface area contributed by atoms with Crippen LogP contribution in [0.1, 0.15) is 34.7 Å². The maximum atomic E-state index is 13.3. The molecule has 1 N–H and O–H groups in total. The van der Waals surface area contributed by atoms with Gasteiger partial charge in [-0.1, -0.05) is 0 Å². The largest absolute Gasteiger partial charge is 0.477 e. The fourth-order valence-electron chi connectivity index (χ4n) is 1.57. The van der Waals surface area contributed by atoms with E-state index in [2.05, 4.69) is 0 Å². The number of halogens is 4. The lowest BCUT2D eigenvalue weighted by Gasteiger charge is -2.08. The van der Waals surface area contributed by atoms with E-state index in [-0.39, 0.29) is 0 Å². The molecule has 0 aromatic heterocycles. The molecule has 0 atom stereocenters. The summed E-state index contributed by atoms with van der Waals surface area (Å²) in [5.41, 5.74) is -2.26. The fraction of sp³-hybridized carbons (Fsp3) is 0.300. The molecule has 1 aliphatic carbocycles. The number of carbonyl (C=O) groups is 1. The summed E-state index contributed by atoms with van der Waals surface area (Å²) in [5, 5.41) is 8.43. The van der Waals surface area contributed by atoms with Crippen molar-refractivity contribution in [3.05, 3.63) is 34.4 Å². The second-order valence-corrected chi connectivity index (χ2v) is 3.62. The molecule has 0 amide bonds. The van der Waals surface area contributed by atoms with Gasteiger partial charge in [0, 0.05) is 5.56 Å². The summed E-state index contributed by atoms with van der Waals surface area (Å²) in [6, 6.07) is 0. The van der Waals surface area contributed by atoms with Crippen molar-refractivity contribution in [2.45, 2.75) is 18.8 Å². The number of rotatable bonds is 2. The van der Waals surface area contributed by atoms with Gasteiger partial charge in [0.15, 0.2) is 23.3 Å². The summed E-state index contributed by atoms with van der Waals surface area (Å²) < 4.78 is 53.0. The molecule has 1 aromatic rings. The average molecular weight is 234 g/mol. The predicted molar refractivity (Wildman–Crippen MR) is 45.2 cm³/mol. The summed E-state index contributed by atoms with van der Waals surface area (Å²) >= 11 is 0. The van der Waals surface area contributed by atoms with Gasteiger partial charge < -0.3 is 5.11 Å². The zero-order valence-electron chi connectivity index (χ0n) is 7.86. The Labute approximate surface area is 87.5 Å². The maximum Gasteiger partial charge on any atom is 0.341 e. The average Bonchev–Trinajstić information content (AvgIpc) is 2.99. The van der Waals surface area contributed by atoms with E-state index in [1.807, 2.05) is 0 Å². The van der Waals surface area contributed by atoms with Crippen molar-refractivity contribution in [1.82, 2.24) is 0 Å². The zero-order valence-corrected chi connectivity index (χ0v) is 7.86. The summed E-state index contributed by atoms with van der Waals surface area (Å²) in [6.07, 6.45) is 0.887. The van der Waals surface area contributed by atoms with Crippen molar-refractivity contribution in [3.63, 3.8) is 0 Å². The monoisotopic (exact) mass is 234 g/mol. The number of hydrogen-bond acceptors (Lipinski definition) is 1. The third-order valence-corrected chi connectivity index (χ3v) is 2.50. The van der Waals surface area contributed by atoms with E-state index in [1.54, 1.807) is 0 Å². The van der Waals surface area contributed by atoms with E-state index in [0.717, 1.165) is 0 Å². The second-order valence-electron chi connectivity index (χ2n) is 3.62. The van der Waals surface area contributed by atoms with Gasteiger partial charge in [0.1, 0.15) is 5.56 Å². The quantitative estimate of drug-likeness (QED) is 0.631. The van der Waals surface area contributed by atoms with Crippen molar-refractivity contribution >= 4 is 5.97 Å². The van der Waals surface area contributed by atoms with E-state index >= 15 is 0 Å². The Morgan fingerprint density at radius 1 is 1.00 bits per heavy atom. The van der Waals surface area contributed by atoms with Gasteiger partial charge in [0.2, 0.25) is 0 Å². The van der Waals surface area contributed by atoms with Gasteiger partial charge in [-0.2, -0.15) is 0 Å². The Kier molecular flexibility index (Phi) is 2.36. The highest BCUT2D eigenvalue weighted by molar-refractivity contribution is 5.88. The van der Waals surface area contributed by atoms with Crippen LogP contribution in [0.4, 0.5) is 17.6 Å². The lowest BCUT2D eigenvalue weighted by atomic mass is 10.0. The first-order chi connectivity index (χ1) is 7.45. The standard InChI is InChI=1S/C10H6F4O2/c11-6-4(3-1-2-3)7(12)9(14)5(8(6)13)10(15)16/h3H,1-2H2,(H,15,16). The van der Waals surface area contributed by atoms with Gasteiger partial charge in [-0.25, -0.2) is 22.4 Å². The molecule has 2 nitrogen and oxygen atoms in total. The van der Waals surface area contributed by atoms with Gasteiger partial charge in [-0.05, 0) is 18.8 Å². The van der Waals surface area contributed by atoms with Crippen LogP contribution in [0.5, 0.6) is 0 Å². The number of hydrogen-bond donors (Lipinski definition) is 1. The molecule has 0 saturated heterocycles. The molecular weight excluding hydrogens is 228 g/mol. The van der Waals surface area contributed by atoms with Crippen LogP contribution < -0.4 is 0 Å². The van der Waals surface area contributed by atoms with Crippen LogP contribution in [-0.4, -0.2) is 11.1 Å². The van der Waals surface area contributed by atoms with Crippen molar-refractivity contribution < 1.29 is 27.5 Å². The molecule has 0 radical (unpaired) electrons. The molecule has 0 unspecified atom stereocenters. The Hall–Kier alpha value is -1.59. The second kappa shape index (κ2) is 3.47. The smallest absolute Gasteiger partial charge is 0.341 e. The van der Waals surface area contributed by atoms with Crippen LogP contribution in [-0.2, 0) is 0 Å². The molecule has 16 heavy (non-hydrogen) atoms. The minimum Gasteiger partial charge on any atom is -0.477 e. The van der Waals surface area contributed by atoms with Gasteiger partial charge in [-0.15, -0.1) is 0 Å². The van der Waals surface area contributed by atoms with Crippen LogP contribution in [0.3, 0.4) is 0 Å². The van der Waals surface area contributed by atoms with E-state index < -0.39 is 46.3 Å². The highest BCUT2D eigenvalue weighted by Gasteiger charge is 2.36. The number of aromatic carboxylic acids is 1. The summed E-state index contributed by atoms with van der Waals surface area (Å²) in [6.45, 7) is 0. The van der Waals surface area contributed by atoms with Crippen LogP contribution in [0, 0.1) is 23.3 Å². The van der Waals surface area contributed by atoms with Gasteiger partial charge in [0.25, 0.3) is 0 Å². The first kappa shape index (κ1) is 10.9. The molecule has 0 bridgehead atoms. The molecule has 2 rings (SSSR count). The third-order valence-electron chi connectivity index (χ3n) is 2.50. The van der Waals surface area contributed by atoms with E-state index in [4.69, 9.17) is 5.11 Å². The Bertz CT molecular complexity index is 451. The van der Waals surface area contributed by atoms with Gasteiger partial charge >= 0.3 is 5.97 Å². The van der Waals surface area contributed by atoms with E-state index in [1.165, 1.54) is 0 Å². The lowest BCUT2D eigenvalue weighted by molar-refractivity contribution is 0.0683. The van der Waals surface area contributed by atoms with Crippen molar-refractivity contribution in [1.29, 1.82) is 0 Å². The molecule has 0 spiro atoms. The number of carboxylic acid groups (broad SMARTS) is 1. The van der Waals surface area contributed by atoms with Crippen LogP contribution in [0.2, 0.25) is 0 Å². The maximum absolute atomic E-state index is 13.3. The summed E-state index contributed by atoms with van der Waals surface area (Å²) in [4.78, 5) is 10.4. The minimum absolute atomic E-state index is 0.444. The SMILES string of the molecule is O=C(O)c1c(F)c(F)c(C2CC2)c(F)c1F. The van der Waals surface area contributed by atoms with Crippen LogP contribution in [0.25, 0.3) is 0 Å². The third kappa shape index (κ3) is 1.45. The molecule has 0 heterocycles. The highest BCUT2D eigenvalue weighted by Crippen LogP contribution is 2.44. The number of carboxylic acids is 1. The molecular formula is C10H6F4O2. The van der Waals surface area contributed by atoms with Gasteiger partial charge in [0.05, 0.1) is 0 Å². The van der Waals surface area contributed by atoms with Crippen LogP contribution in [0.15, 0.2) is 0 Å². The van der Waals surface area contributed by atoms with Crippen LogP contribution >= 0.6 is 0 Å². The van der Waals surface area contributed by atoms with Gasteiger partial charge in [-0.3, -0.25) is 0 Å². The molecule has 0 aliphatic heterocycles.